The van der Waals surface area contributed by atoms with Gasteiger partial charge in [0.2, 0.25) is 0 Å². The molecule has 1 aromatic carbocycles. The second kappa shape index (κ2) is 6.67. The predicted molar refractivity (Wildman–Crippen MR) is 85.3 cm³/mol. The zero-order valence-corrected chi connectivity index (χ0v) is 13.1. The number of anilines is 2. The molecule has 0 unspecified atom stereocenters. The molecule has 0 saturated carbocycles. The van der Waals surface area contributed by atoms with E-state index in [1.54, 1.807) is 0 Å². The lowest BCUT2D eigenvalue weighted by Gasteiger charge is -2.29. The third-order valence-corrected chi connectivity index (χ3v) is 3.73. The van der Waals surface area contributed by atoms with Gasteiger partial charge in [0.05, 0.1) is 0 Å². The van der Waals surface area contributed by atoms with E-state index in [1.165, 1.54) is 11.9 Å². The van der Waals surface area contributed by atoms with E-state index in [0.717, 1.165) is 16.8 Å². The summed E-state index contributed by atoms with van der Waals surface area (Å²) < 4.78 is 0.770. The number of rotatable bonds is 5. The SMILES string of the molecule is CC(C)N(Cc1ccccc1)c1ncnc(NN)c1Br. The molecule has 0 atom stereocenters. The highest BCUT2D eigenvalue weighted by molar-refractivity contribution is 9.10. The van der Waals surface area contributed by atoms with Crippen LogP contribution in [0.4, 0.5) is 11.6 Å². The molecule has 20 heavy (non-hydrogen) atoms. The lowest BCUT2D eigenvalue weighted by Crippen LogP contribution is -2.31. The highest BCUT2D eigenvalue weighted by atomic mass is 79.9. The van der Waals surface area contributed by atoms with Crippen molar-refractivity contribution in [1.29, 1.82) is 0 Å². The number of nitrogens with two attached hydrogens (primary N) is 1. The van der Waals surface area contributed by atoms with Crippen LogP contribution in [-0.2, 0) is 6.54 Å². The summed E-state index contributed by atoms with van der Waals surface area (Å²) in [6.45, 7) is 5.04. The summed E-state index contributed by atoms with van der Waals surface area (Å²) in [5, 5.41) is 0. The van der Waals surface area contributed by atoms with E-state index < -0.39 is 0 Å². The Hall–Kier alpha value is -1.66. The number of hydrazine groups is 1. The highest BCUT2D eigenvalue weighted by Crippen LogP contribution is 2.31. The third-order valence-electron chi connectivity index (χ3n) is 3.00. The van der Waals surface area contributed by atoms with E-state index in [2.05, 4.69) is 62.2 Å². The predicted octanol–water partition coefficient (Wildman–Crippen LogP) is 2.94. The first-order valence-corrected chi connectivity index (χ1v) is 7.20. The average molecular weight is 336 g/mol. The zero-order chi connectivity index (χ0) is 14.5. The fourth-order valence-corrected chi connectivity index (χ4v) is 2.49. The Labute approximate surface area is 127 Å². The van der Waals surface area contributed by atoms with Gasteiger partial charge in [-0.25, -0.2) is 15.8 Å². The molecule has 0 saturated heterocycles. The standard InChI is InChI=1S/C14H18BrN5/c1-10(2)20(8-11-6-4-3-5-7-11)14-12(15)13(19-16)17-9-18-14/h3-7,9-10H,8,16H2,1-2H3,(H,17,18,19). The number of benzene rings is 1. The number of aromatic nitrogens is 2. The van der Waals surface area contributed by atoms with Crippen LogP contribution in [0.1, 0.15) is 19.4 Å². The Kier molecular flexibility index (Phi) is 4.92. The summed E-state index contributed by atoms with van der Waals surface area (Å²) in [4.78, 5) is 10.7. The molecule has 1 aromatic heterocycles. The minimum Gasteiger partial charge on any atom is -0.349 e. The Morgan fingerprint density at radius 3 is 2.55 bits per heavy atom. The number of nitrogens with one attached hydrogen (secondary N) is 1. The maximum atomic E-state index is 5.46. The minimum atomic E-state index is 0.298. The largest absolute Gasteiger partial charge is 0.349 e. The van der Waals surface area contributed by atoms with Crippen molar-refractivity contribution in [1.82, 2.24) is 9.97 Å². The summed E-state index contributed by atoms with van der Waals surface area (Å²) in [7, 11) is 0. The lowest BCUT2D eigenvalue weighted by atomic mass is 10.2. The molecule has 5 nitrogen and oxygen atoms in total. The molecule has 0 bridgehead atoms. The van der Waals surface area contributed by atoms with Crippen LogP contribution in [0.15, 0.2) is 41.1 Å². The molecule has 6 heteroatoms. The normalized spacial score (nSPS) is 10.7. The van der Waals surface area contributed by atoms with Gasteiger partial charge in [-0.2, -0.15) is 0 Å². The Bertz CT molecular complexity index is 559. The van der Waals surface area contributed by atoms with Gasteiger partial charge < -0.3 is 10.3 Å². The first kappa shape index (κ1) is 14.7. The van der Waals surface area contributed by atoms with Crippen LogP contribution in [0, 0.1) is 0 Å². The Morgan fingerprint density at radius 1 is 1.25 bits per heavy atom. The van der Waals surface area contributed by atoms with Gasteiger partial charge in [-0.15, -0.1) is 0 Å². The maximum absolute atomic E-state index is 5.46. The van der Waals surface area contributed by atoms with Crippen molar-refractivity contribution in [3.8, 4) is 0 Å². The summed E-state index contributed by atoms with van der Waals surface area (Å²) in [5.41, 5.74) is 3.80. The smallest absolute Gasteiger partial charge is 0.159 e. The van der Waals surface area contributed by atoms with Crippen molar-refractivity contribution in [3.63, 3.8) is 0 Å². The molecule has 0 aliphatic heterocycles. The molecule has 0 radical (unpaired) electrons. The molecule has 3 N–H and O–H groups in total. The van der Waals surface area contributed by atoms with E-state index in [-0.39, 0.29) is 0 Å². The van der Waals surface area contributed by atoms with E-state index in [9.17, 15) is 0 Å². The van der Waals surface area contributed by atoms with Crippen LogP contribution in [0.5, 0.6) is 0 Å². The molecule has 0 aliphatic carbocycles. The van der Waals surface area contributed by atoms with Crippen LogP contribution in [0.2, 0.25) is 0 Å². The molecule has 0 fully saturated rings. The summed E-state index contributed by atoms with van der Waals surface area (Å²) in [6, 6.07) is 10.6. The average Bonchev–Trinajstić information content (AvgIpc) is 2.46. The van der Waals surface area contributed by atoms with Gasteiger partial charge in [0, 0.05) is 12.6 Å². The second-order valence-corrected chi connectivity index (χ2v) is 5.50. The molecule has 0 spiro atoms. The molecule has 0 aliphatic rings. The molecule has 2 aromatic rings. The van der Waals surface area contributed by atoms with Crippen molar-refractivity contribution in [2.24, 2.45) is 5.84 Å². The molecular weight excluding hydrogens is 318 g/mol. The molecular formula is C14H18BrN5. The van der Waals surface area contributed by atoms with Gasteiger partial charge >= 0.3 is 0 Å². The van der Waals surface area contributed by atoms with Gasteiger partial charge in [0.25, 0.3) is 0 Å². The number of halogens is 1. The van der Waals surface area contributed by atoms with Crippen molar-refractivity contribution in [2.45, 2.75) is 26.4 Å². The van der Waals surface area contributed by atoms with Crippen molar-refractivity contribution < 1.29 is 0 Å². The Morgan fingerprint density at radius 2 is 1.95 bits per heavy atom. The van der Waals surface area contributed by atoms with Crippen LogP contribution < -0.4 is 16.2 Å². The van der Waals surface area contributed by atoms with E-state index in [4.69, 9.17) is 5.84 Å². The fourth-order valence-electron chi connectivity index (χ4n) is 1.94. The zero-order valence-electron chi connectivity index (χ0n) is 11.5. The third kappa shape index (κ3) is 3.26. The van der Waals surface area contributed by atoms with Gasteiger partial charge in [-0.05, 0) is 35.3 Å². The summed E-state index contributed by atoms with van der Waals surface area (Å²) >= 11 is 3.51. The highest BCUT2D eigenvalue weighted by Gasteiger charge is 2.18. The lowest BCUT2D eigenvalue weighted by molar-refractivity contribution is 0.669. The first-order chi connectivity index (χ1) is 9.63. The summed E-state index contributed by atoms with van der Waals surface area (Å²) in [6.07, 6.45) is 1.51. The summed E-state index contributed by atoms with van der Waals surface area (Å²) in [5.74, 6) is 6.86. The monoisotopic (exact) mass is 335 g/mol. The first-order valence-electron chi connectivity index (χ1n) is 6.41. The topological polar surface area (TPSA) is 67.1 Å². The van der Waals surface area contributed by atoms with Crippen LogP contribution in [-0.4, -0.2) is 16.0 Å². The maximum Gasteiger partial charge on any atom is 0.159 e. The Balaban J connectivity index is 2.34. The van der Waals surface area contributed by atoms with E-state index in [1.807, 2.05) is 18.2 Å². The number of hydrogen-bond donors (Lipinski definition) is 2. The van der Waals surface area contributed by atoms with Crippen LogP contribution >= 0.6 is 15.9 Å². The number of hydrogen-bond acceptors (Lipinski definition) is 5. The van der Waals surface area contributed by atoms with E-state index in [0.29, 0.717) is 11.9 Å². The van der Waals surface area contributed by atoms with Gasteiger partial charge in [0.15, 0.2) is 5.82 Å². The van der Waals surface area contributed by atoms with Gasteiger partial charge in [-0.3, -0.25) is 0 Å². The van der Waals surface area contributed by atoms with Gasteiger partial charge in [0.1, 0.15) is 16.6 Å². The van der Waals surface area contributed by atoms with E-state index >= 15 is 0 Å². The number of nitrogens with zero attached hydrogens (tertiary/aromatic N) is 3. The number of nitrogen functional groups attached to an aromatic ring is 1. The molecule has 106 valence electrons. The second-order valence-electron chi connectivity index (χ2n) is 4.71. The minimum absolute atomic E-state index is 0.298. The molecule has 2 rings (SSSR count). The van der Waals surface area contributed by atoms with Crippen LogP contribution in [0.25, 0.3) is 0 Å². The van der Waals surface area contributed by atoms with Gasteiger partial charge in [-0.1, -0.05) is 30.3 Å². The quantitative estimate of drug-likeness (QED) is 0.649. The molecule has 1 heterocycles. The van der Waals surface area contributed by atoms with Crippen molar-refractivity contribution >= 4 is 27.6 Å². The van der Waals surface area contributed by atoms with Crippen molar-refractivity contribution in [2.75, 3.05) is 10.3 Å². The van der Waals surface area contributed by atoms with Crippen LogP contribution in [0.3, 0.4) is 0 Å². The molecule has 0 amide bonds. The fraction of sp³-hybridized carbons (Fsp3) is 0.286. The van der Waals surface area contributed by atoms with Crippen molar-refractivity contribution in [3.05, 3.63) is 46.7 Å².